The molecule has 0 radical (unpaired) electrons. The molecule has 8 heteroatoms. The second kappa shape index (κ2) is 6.19. The first kappa shape index (κ1) is 15.0. The first-order valence-electron chi connectivity index (χ1n) is 4.69. The maximum atomic E-state index is 8.99. The van der Waals surface area contributed by atoms with E-state index in [4.69, 9.17) is 22.5 Å². The maximum absolute atomic E-state index is 8.99. The van der Waals surface area contributed by atoms with Crippen LogP contribution in [0.15, 0.2) is 16.1 Å². The minimum atomic E-state index is -0.147. The predicted molar refractivity (Wildman–Crippen MR) is 88.4 cm³/mol. The van der Waals surface area contributed by atoms with E-state index in [-0.39, 0.29) is 11.9 Å². The van der Waals surface area contributed by atoms with Crippen LogP contribution in [0.3, 0.4) is 0 Å². The molecule has 1 rings (SSSR count). The van der Waals surface area contributed by atoms with Gasteiger partial charge in [0, 0.05) is 7.14 Å². The van der Waals surface area contributed by atoms with Crippen molar-refractivity contribution >= 4 is 62.8 Å². The van der Waals surface area contributed by atoms with Crippen LogP contribution in [0.25, 0.3) is 0 Å². The minimum absolute atomic E-state index is 0.0186. The highest BCUT2D eigenvalue weighted by atomic mass is 127. The van der Waals surface area contributed by atoms with Gasteiger partial charge in [-0.3, -0.25) is 0 Å². The van der Waals surface area contributed by atoms with Crippen LogP contribution in [0.5, 0.6) is 0 Å². The predicted octanol–water partition coefficient (Wildman–Crippen LogP) is 1.30. The third-order valence-corrected chi connectivity index (χ3v) is 4.17. The van der Waals surface area contributed by atoms with Crippen LogP contribution in [0.2, 0.25) is 0 Å². The largest absolute Gasteiger partial charge is 0.370 e. The molecule has 0 bridgehead atoms. The zero-order chi connectivity index (χ0) is 13.9. The van der Waals surface area contributed by atoms with Gasteiger partial charge < -0.3 is 17.2 Å². The summed E-state index contributed by atoms with van der Waals surface area (Å²) >= 11 is 4.21. The molecule has 0 aliphatic rings. The van der Waals surface area contributed by atoms with Gasteiger partial charge in [-0.05, 0) is 63.7 Å². The monoisotopic (exact) mass is 468 g/mol. The van der Waals surface area contributed by atoms with Crippen molar-refractivity contribution in [1.82, 2.24) is 0 Å². The quantitative estimate of drug-likeness (QED) is 0.326. The third-order valence-electron chi connectivity index (χ3n) is 2.03. The van der Waals surface area contributed by atoms with Crippen LogP contribution in [0.1, 0.15) is 11.1 Å². The van der Waals surface area contributed by atoms with E-state index >= 15 is 0 Å². The first-order chi connectivity index (χ1) is 8.36. The molecule has 0 atom stereocenters. The molecule has 1 aromatic rings. The molecule has 6 nitrogen and oxygen atoms in total. The van der Waals surface area contributed by atoms with Gasteiger partial charge in [-0.25, -0.2) is 4.99 Å². The Bertz CT molecular complexity index is 581. The number of nitrogens with zero attached hydrogens (tertiary/aromatic N) is 3. The van der Waals surface area contributed by atoms with Gasteiger partial charge in [0.15, 0.2) is 5.96 Å². The van der Waals surface area contributed by atoms with Crippen LogP contribution in [0, 0.1) is 25.4 Å². The van der Waals surface area contributed by atoms with E-state index in [0.29, 0.717) is 11.3 Å². The lowest BCUT2D eigenvalue weighted by molar-refractivity contribution is 1.30. The number of nitrogens with two attached hydrogens (primary N) is 3. The van der Waals surface area contributed by atoms with Crippen molar-refractivity contribution in [3.63, 3.8) is 0 Å². The summed E-state index contributed by atoms with van der Waals surface area (Å²) in [5.41, 5.74) is 18.2. The molecule has 0 saturated heterocycles. The number of halogens is 2. The molecule has 0 heterocycles. The summed E-state index contributed by atoms with van der Waals surface area (Å²) in [4.78, 5) is 7.81. The summed E-state index contributed by atoms with van der Waals surface area (Å²) in [7, 11) is 0. The number of hydrogen-bond donors (Lipinski definition) is 3. The average molecular weight is 468 g/mol. The summed E-state index contributed by atoms with van der Waals surface area (Å²) in [6, 6.07) is 3.88. The van der Waals surface area contributed by atoms with E-state index in [1.54, 1.807) is 6.07 Å². The molecule has 94 valence electrons. The van der Waals surface area contributed by atoms with Crippen LogP contribution in [-0.2, 0) is 0 Å². The van der Waals surface area contributed by atoms with E-state index < -0.39 is 0 Å². The second-order valence-electron chi connectivity index (χ2n) is 3.31. The van der Waals surface area contributed by atoms with Crippen molar-refractivity contribution in [2.75, 3.05) is 0 Å². The summed E-state index contributed by atoms with van der Waals surface area (Å²) < 4.78 is 1.66. The van der Waals surface area contributed by atoms with Crippen molar-refractivity contribution in [3.8, 4) is 6.07 Å². The van der Waals surface area contributed by atoms with Gasteiger partial charge in [0.1, 0.15) is 0 Å². The fourth-order valence-electron chi connectivity index (χ4n) is 1.19. The highest BCUT2D eigenvalue weighted by Crippen LogP contribution is 2.32. The summed E-state index contributed by atoms with van der Waals surface area (Å²) in [5.74, 6) is -0.165. The van der Waals surface area contributed by atoms with Crippen molar-refractivity contribution in [3.05, 3.63) is 24.3 Å². The molecule has 0 amide bonds. The van der Waals surface area contributed by atoms with Gasteiger partial charge in [-0.15, -0.1) is 0 Å². The molecule has 0 saturated carbocycles. The fourth-order valence-corrected chi connectivity index (χ4v) is 3.11. The lowest BCUT2D eigenvalue weighted by Crippen LogP contribution is -2.26. The molecule has 0 unspecified atom stereocenters. The fraction of sp³-hybridized carbons (Fsp3) is 0.100. The lowest BCUT2D eigenvalue weighted by Gasteiger charge is -2.07. The molecule has 18 heavy (non-hydrogen) atoms. The zero-order valence-corrected chi connectivity index (χ0v) is 13.7. The lowest BCUT2D eigenvalue weighted by atomic mass is 10.1. The Kier molecular flexibility index (Phi) is 5.15. The van der Waals surface area contributed by atoms with E-state index in [1.807, 2.05) is 6.92 Å². The van der Waals surface area contributed by atoms with Gasteiger partial charge in [0.2, 0.25) is 5.96 Å². The highest BCUT2D eigenvalue weighted by molar-refractivity contribution is 14.1. The number of hydrogen-bond acceptors (Lipinski definition) is 2. The van der Waals surface area contributed by atoms with Crippen molar-refractivity contribution in [2.45, 2.75) is 6.92 Å². The van der Waals surface area contributed by atoms with Crippen molar-refractivity contribution in [2.24, 2.45) is 27.2 Å². The Morgan fingerprint density at radius 1 is 1.33 bits per heavy atom. The molecule has 0 aromatic heterocycles. The molecular weight excluding hydrogens is 458 g/mol. The minimum Gasteiger partial charge on any atom is -0.370 e. The molecule has 0 aliphatic heterocycles. The molecule has 0 aliphatic carbocycles. The Labute approximate surface area is 132 Å². The molecule has 0 fully saturated rings. The van der Waals surface area contributed by atoms with Crippen molar-refractivity contribution < 1.29 is 0 Å². The van der Waals surface area contributed by atoms with Gasteiger partial charge >= 0.3 is 0 Å². The summed E-state index contributed by atoms with van der Waals surface area (Å²) in [5, 5.41) is 8.99. The number of guanidine groups is 2. The van der Waals surface area contributed by atoms with Crippen LogP contribution < -0.4 is 17.2 Å². The van der Waals surface area contributed by atoms with E-state index in [0.717, 1.165) is 12.7 Å². The van der Waals surface area contributed by atoms with Gasteiger partial charge in [0.25, 0.3) is 0 Å². The Morgan fingerprint density at radius 2 is 1.94 bits per heavy atom. The summed E-state index contributed by atoms with van der Waals surface area (Å²) in [6.45, 7) is 1.85. The van der Waals surface area contributed by atoms with E-state index in [1.165, 1.54) is 0 Å². The SMILES string of the molecule is Cc1c(C#N)cc(I)c(N=C(N)N=C(N)N)c1I. The van der Waals surface area contributed by atoms with Crippen LogP contribution in [-0.4, -0.2) is 11.9 Å². The number of aliphatic imine (C=N–C) groups is 2. The van der Waals surface area contributed by atoms with E-state index in [9.17, 15) is 0 Å². The molecular formula is C10H10I2N6. The molecule has 6 N–H and O–H groups in total. The highest BCUT2D eigenvalue weighted by Gasteiger charge is 2.12. The number of rotatable bonds is 1. The van der Waals surface area contributed by atoms with Gasteiger partial charge in [-0.1, -0.05) is 0 Å². The zero-order valence-electron chi connectivity index (χ0n) is 9.41. The smallest absolute Gasteiger partial charge is 0.223 e. The maximum Gasteiger partial charge on any atom is 0.223 e. The van der Waals surface area contributed by atoms with Gasteiger partial charge in [-0.2, -0.15) is 10.3 Å². The van der Waals surface area contributed by atoms with Crippen LogP contribution >= 0.6 is 45.2 Å². The first-order valence-corrected chi connectivity index (χ1v) is 6.85. The van der Waals surface area contributed by atoms with E-state index in [2.05, 4.69) is 61.2 Å². The van der Waals surface area contributed by atoms with Gasteiger partial charge in [0.05, 0.1) is 17.3 Å². The van der Waals surface area contributed by atoms with Crippen LogP contribution in [0.4, 0.5) is 5.69 Å². The summed E-state index contributed by atoms with van der Waals surface area (Å²) in [6.07, 6.45) is 0. The Hall–Kier alpha value is -1.09. The normalized spacial score (nSPS) is 10.9. The second-order valence-corrected chi connectivity index (χ2v) is 5.55. The standard InChI is InChI=1S/C10H10I2N6/c1-4-5(3-13)2-6(11)8(7(4)12)17-10(16)18-9(14)15/h2H,1H3,(H6,14,15,16,17,18). The molecule has 1 aromatic carbocycles. The van der Waals surface area contributed by atoms with Crippen molar-refractivity contribution in [1.29, 1.82) is 5.26 Å². The number of nitriles is 1. The molecule has 0 spiro atoms. The Morgan fingerprint density at radius 3 is 2.44 bits per heavy atom. The average Bonchev–Trinajstić information content (AvgIpc) is 2.28. The third kappa shape index (κ3) is 3.45. The topological polar surface area (TPSA) is 127 Å². The Balaban J connectivity index is 3.41. The number of benzene rings is 1.